The van der Waals surface area contributed by atoms with Crippen molar-refractivity contribution in [3.63, 3.8) is 0 Å². The van der Waals surface area contributed by atoms with Crippen molar-refractivity contribution in [3.8, 4) is 0 Å². The Balaban J connectivity index is -0.0000000267. The summed E-state index contributed by atoms with van der Waals surface area (Å²) in [5.74, 6) is 0. The topological polar surface area (TPSA) is 66.2 Å². The van der Waals surface area contributed by atoms with E-state index in [-0.39, 0.29) is 32.7 Å². The van der Waals surface area contributed by atoms with E-state index in [2.05, 4.69) is 0 Å². The molecule has 0 aromatic carbocycles. The van der Waals surface area contributed by atoms with Gasteiger partial charge < -0.3 is 15.7 Å². The van der Waals surface area contributed by atoms with Crippen LogP contribution in [-0.4, -0.2) is 13.2 Å². The molecule has 0 bridgehead atoms. The minimum absolute atomic E-state index is 0. The van der Waals surface area contributed by atoms with Gasteiger partial charge in [-0.3, -0.25) is 0 Å². The van der Waals surface area contributed by atoms with Gasteiger partial charge in [0, 0.05) is 13.2 Å². The third-order valence-electron chi connectivity index (χ3n) is 0.408. The van der Waals surface area contributed by atoms with Crippen LogP contribution in [0.2, 0.25) is 0 Å². The summed E-state index contributed by atoms with van der Waals surface area (Å²) in [6.45, 7) is 5.67. The SMILES string of the molecule is CCOCC.[O-2].[O-2].[Ti+4]. The molecule has 0 fully saturated rings. The molecule has 0 heterocycles. The summed E-state index contributed by atoms with van der Waals surface area (Å²) in [5, 5.41) is 0. The third-order valence-corrected chi connectivity index (χ3v) is 0.408. The Hall–Kier alpha value is 0.594. The molecule has 0 unspecified atom stereocenters. The minimum atomic E-state index is 0. The molecular weight excluding hydrogens is 144 g/mol. The Morgan fingerprint density at radius 2 is 1.25 bits per heavy atom. The van der Waals surface area contributed by atoms with Gasteiger partial charge in [-0.1, -0.05) is 0 Å². The van der Waals surface area contributed by atoms with E-state index in [1.807, 2.05) is 13.8 Å². The van der Waals surface area contributed by atoms with Crippen molar-refractivity contribution in [1.29, 1.82) is 0 Å². The zero-order chi connectivity index (χ0) is 4.12. The van der Waals surface area contributed by atoms with Gasteiger partial charge in [0.2, 0.25) is 0 Å². The molecule has 0 rings (SSSR count). The summed E-state index contributed by atoms with van der Waals surface area (Å²) in [7, 11) is 0. The molecule has 0 radical (unpaired) electrons. The van der Waals surface area contributed by atoms with Crippen LogP contribution >= 0.6 is 0 Å². The van der Waals surface area contributed by atoms with Crippen LogP contribution in [0, 0.1) is 0 Å². The number of rotatable bonds is 2. The Morgan fingerprint density at radius 1 is 1.00 bits per heavy atom. The summed E-state index contributed by atoms with van der Waals surface area (Å²) in [6.07, 6.45) is 0. The third kappa shape index (κ3) is 30.7. The normalized spacial score (nSPS) is 5.25. The van der Waals surface area contributed by atoms with E-state index in [9.17, 15) is 0 Å². The summed E-state index contributed by atoms with van der Waals surface area (Å²) < 4.78 is 4.83. The van der Waals surface area contributed by atoms with Crippen LogP contribution in [0.25, 0.3) is 0 Å². The van der Waals surface area contributed by atoms with Crippen molar-refractivity contribution in [2.75, 3.05) is 13.2 Å². The molecule has 0 saturated carbocycles. The molecule has 0 aliphatic rings. The van der Waals surface area contributed by atoms with Crippen molar-refractivity contribution >= 4 is 0 Å². The first-order chi connectivity index (χ1) is 2.41. The predicted octanol–water partition coefficient (Wildman–Crippen LogP) is 0.803. The zero-order valence-corrected chi connectivity index (χ0v) is 6.70. The monoisotopic (exact) mass is 154 g/mol. The molecule has 3 nitrogen and oxygen atoms in total. The summed E-state index contributed by atoms with van der Waals surface area (Å²) in [5.41, 5.74) is 0. The zero-order valence-electron chi connectivity index (χ0n) is 5.14. The molecule has 0 N–H and O–H groups in total. The van der Waals surface area contributed by atoms with Crippen LogP contribution < -0.4 is 0 Å². The first-order valence-electron chi connectivity index (χ1n) is 1.99. The van der Waals surface area contributed by atoms with E-state index in [0.717, 1.165) is 13.2 Å². The smallest absolute Gasteiger partial charge is 2.00 e. The van der Waals surface area contributed by atoms with Gasteiger partial charge in [0.05, 0.1) is 0 Å². The summed E-state index contributed by atoms with van der Waals surface area (Å²) in [4.78, 5) is 0. The summed E-state index contributed by atoms with van der Waals surface area (Å²) >= 11 is 0. The fourth-order valence-corrected chi connectivity index (χ4v) is 0.204. The van der Waals surface area contributed by atoms with Crippen LogP contribution in [0.15, 0.2) is 0 Å². The van der Waals surface area contributed by atoms with Gasteiger partial charge in [0.25, 0.3) is 0 Å². The largest absolute Gasteiger partial charge is 4.00 e. The maximum Gasteiger partial charge on any atom is 4.00 e. The Kier molecular flexibility index (Phi) is 75.0. The first-order valence-corrected chi connectivity index (χ1v) is 1.99. The molecule has 0 aliphatic heterocycles. The minimum Gasteiger partial charge on any atom is -2.00 e. The van der Waals surface area contributed by atoms with Crippen LogP contribution in [-0.2, 0) is 37.4 Å². The van der Waals surface area contributed by atoms with E-state index < -0.39 is 0 Å². The van der Waals surface area contributed by atoms with Crippen molar-refractivity contribution in [2.24, 2.45) is 0 Å². The maximum atomic E-state index is 4.83. The van der Waals surface area contributed by atoms with E-state index in [0.29, 0.717) is 0 Å². The average Bonchev–Trinajstić information content (AvgIpc) is 1.41. The Bertz CT molecular complexity index is 18.8. The molecule has 0 aliphatic carbocycles. The Morgan fingerprint density at radius 3 is 1.25 bits per heavy atom. The molecule has 0 spiro atoms. The number of hydrogen-bond donors (Lipinski definition) is 0. The van der Waals surface area contributed by atoms with E-state index in [1.165, 1.54) is 0 Å². The van der Waals surface area contributed by atoms with Gasteiger partial charge in [-0.05, 0) is 13.8 Å². The van der Waals surface area contributed by atoms with Crippen LogP contribution in [0.3, 0.4) is 0 Å². The van der Waals surface area contributed by atoms with E-state index in [4.69, 9.17) is 4.74 Å². The molecule has 0 aromatic heterocycles. The second-order valence-electron chi connectivity index (χ2n) is 0.781. The van der Waals surface area contributed by atoms with Crippen molar-refractivity contribution in [1.82, 2.24) is 0 Å². The van der Waals surface area contributed by atoms with Crippen molar-refractivity contribution < 1.29 is 37.4 Å². The van der Waals surface area contributed by atoms with Gasteiger partial charge in [-0.25, -0.2) is 0 Å². The van der Waals surface area contributed by atoms with Crippen LogP contribution in [0.4, 0.5) is 0 Å². The molecule has 0 aromatic rings. The van der Waals surface area contributed by atoms with Crippen LogP contribution in [0.5, 0.6) is 0 Å². The van der Waals surface area contributed by atoms with Gasteiger partial charge >= 0.3 is 21.7 Å². The molecule has 48 valence electrons. The maximum absolute atomic E-state index is 4.83. The number of hydrogen-bond acceptors (Lipinski definition) is 1. The molecule has 4 heteroatoms. The molecule has 0 amide bonds. The van der Waals surface area contributed by atoms with Gasteiger partial charge in [0.15, 0.2) is 0 Å². The van der Waals surface area contributed by atoms with Gasteiger partial charge in [-0.2, -0.15) is 0 Å². The van der Waals surface area contributed by atoms with Gasteiger partial charge in [0.1, 0.15) is 0 Å². The molecule has 0 saturated heterocycles. The van der Waals surface area contributed by atoms with Crippen LogP contribution in [0.1, 0.15) is 13.8 Å². The van der Waals surface area contributed by atoms with E-state index >= 15 is 0 Å². The Labute approximate surface area is 64.9 Å². The molecular formula is C4H10O3Ti. The average molecular weight is 154 g/mol. The fraction of sp³-hybridized carbons (Fsp3) is 1.00. The van der Waals surface area contributed by atoms with Gasteiger partial charge in [-0.15, -0.1) is 0 Å². The number of ether oxygens (including phenoxy) is 1. The first kappa shape index (κ1) is 23.5. The quantitative estimate of drug-likeness (QED) is 0.542. The van der Waals surface area contributed by atoms with Crippen molar-refractivity contribution in [2.45, 2.75) is 13.8 Å². The van der Waals surface area contributed by atoms with Crippen molar-refractivity contribution in [3.05, 3.63) is 0 Å². The standard InChI is InChI=1S/C4H10O.2O.Ti/c1-3-5-4-2;;;/h3-4H2,1-2H3;;;/q;2*-2;+4. The predicted molar refractivity (Wildman–Crippen MR) is 23.5 cm³/mol. The second kappa shape index (κ2) is 25.6. The van der Waals surface area contributed by atoms with E-state index in [1.54, 1.807) is 0 Å². The summed E-state index contributed by atoms with van der Waals surface area (Å²) in [6, 6.07) is 0. The fourth-order valence-electron chi connectivity index (χ4n) is 0.204. The molecule has 8 heavy (non-hydrogen) atoms. The molecule has 0 atom stereocenters. The second-order valence-corrected chi connectivity index (χ2v) is 0.781.